The Bertz CT molecular complexity index is 705. The summed E-state index contributed by atoms with van der Waals surface area (Å²) in [6, 6.07) is 4.02. The van der Waals surface area contributed by atoms with Crippen LogP contribution in [0, 0.1) is 0 Å². The van der Waals surface area contributed by atoms with Gasteiger partial charge in [0.1, 0.15) is 0 Å². The lowest BCUT2D eigenvalue weighted by atomic mass is 10.1. The summed E-state index contributed by atoms with van der Waals surface area (Å²) in [7, 11) is 1.77. The van der Waals surface area contributed by atoms with Gasteiger partial charge in [-0.25, -0.2) is 0 Å². The van der Waals surface area contributed by atoms with Crippen LogP contribution in [0.1, 0.15) is 47.9 Å². The van der Waals surface area contributed by atoms with E-state index in [1.807, 2.05) is 12.3 Å². The summed E-state index contributed by atoms with van der Waals surface area (Å²) >= 11 is 0. The smallest absolute Gasteiger partial charge is 0.276 e. The number of likely N-dealkylation sites (tertiary alicyclic amines) is 1. The number of rotatable bonds is 7. The lowest BCUT2D eigenvalue weighted by molar-refractivity contribution is 0.0777. The molecule has 0 unspecified atom stereocenters. The number of carbonyl (C=O) groups excluding carboxylic acids is 1. The fraction of sp³-hybridized carbons (Fsp3) is 0.579. The predicted octanol–water partition coefficient (Wildman–Crippen LogP) is 1.99. The number of aryl methyl sites for hydroxylation is 1. The van der Waals surface area contributed by atoms with Crippen molar-refractivity contribution in [2.75, 3.05) is 26.7 Å². The molecule has 0 spiro atoms. The first-order chi connectivity index (χ1) is 12.7. The molecule has 0 saturated carbocycles. The van der Waals surface area contributed by atoms with Gasteiger partial charge in [0.25, 0.3) is 5.91 Å². The van der Waals surface area contributed by atoms with Crippen LogP contribution in [-0.4, -0.2) is 62.4 Å². The Kier molecular flexibility index (Phi) is 6.33. The van der Waals surface area contributed by atoms with Gasteiger partial charge in [0.2, 0.25) is 0 Å². The SMILES string of the molecule is CCc1ccc(CN(C)C(=O)c2cn(CCN3CCCCC3)nn2)nc1. The minimum Gasteiger partial charge on any atom is -0.334 e. The van der Waals surface area contributed by atoms with Crippen LogP contribution in [0.15, 0.2) is 24.5 Å². The molecule has 1 amide bonds. The molecule has 2 aromatic rings. The number of carbonyl (C=O) groups is 1. The van der Waals surface area contributed by atoms with E-state index in [2.05, 4.69) is 33.2 Å². The van der Waals surface area contributed by atoms with Gasteiger partial charge < -0.3 is 9.80 Å². The highest BCUT2D eigenvalue weighted by molar-refractivity contribution is 5.91. The number of pyridine rings is 1. The molecular formula is C19H28N6O. The summed E-state index contributed by atoms with van der Waals surface area (Å²) in [5, 5.41) is 8.16. The third kappa shape index (κ3) is 4.88. The van der Waals surface area contributed by atoms with Crippen LogP contribution >= 0.6 is 0 Å². The maximum Gasteiger partial charge on any atom is 0.276 e. The fourth-order valence-corrected chi connectivity index (χ4v) is 3.20. The molecule has 0 atom stereocenters. The van der Waals surface area contributed by atoms with E-state index in [1.165, 1.54) is 24.8 Å². The lowest BCUT2D eigenvalue weighted by Crippen LogP contribution is -2.32. The zero-order chi connectivity index (χ0) is 18.4. The van der Waals surface area contributed by atoms with Crippen LogP contribution in [0.5, 0.6) is 0 Å². The Balaban J connectivity index is 1.52. The number of aromatic nitrogens is 4. The monoisotopic (exact) mass is 356 g/mol. The highest BCUT2D eigenvalue weighted by Gasteiger charge is 2.17. The number of amides is 1. The fourth-order valence-electron chi connectivity index (χ4n) is 3.20. The Morgan fingerprint density at radius 1 is 1.19 bits per heavy atom. The minimum atomic E-state index is -0.129. The average molecular weight is 356 g/mol. The molecule has 0 aromatic carbocycles. The Morgan fingerprint density at radius 2 is 2.00 bits per heavy atom. The van der Waals surface area contributed by atoms with Crippen molar-refractivity contribution in [2.24, 2.45) is 0 Å². The Labute approximate surface area is 155 Å². The number of piperidine rings is 1. The van der Waals surface area contributed by atoms with Crippen molar-refractivity contribution in [3.8, 4) is 0 Å². The maximum absolute atomic E-state index is 12.6. The Morgan fingerprint density at radius 3 is 2.69 bits per heavy atom. The molecular weight excluding hydrogens is 328 g/mol. The molecule has 1 saturated heterocycles. The van der Waals surface area contributed by atoms with Gasteiger partial charge in [-0.3, -0.25) is 14.5 Å². The first-order valence-electron chi connectivity index (χ1n) is 9.47. The predicted molar refractivity (Wildman–Crippen MR) is 99.7 cm³/mol. The van der Waals surface area contributed by atoms with E-state index in [1.54, 1.807) is 22.8 Å². The summed E-state index contributed by atoms with van der Waals surface area (Å²) in [6.07, 6.45) is 8.46. The number of nitrogens with zero attached hydrogens (tertiary/aromatic N) is 6. The van der Waals surface area contributed by atoms with E-state index in [4.69, 9.17) is 0 Å². The van der Waals surface area contributed by atoms with Crippen molar-refractivity contribution in [1.82, 2.24) is 29.8 Å². The van der Waals surface area contributed by atoms with E-state index in [0.29, 0.717) is 12.2 Å². The van der Waals surface area contributed by atoms with Gasteiger partial charge in [-0.05, 0) is 44.0 Å². The van der Waals surface area contributed by atoms with Gasteiger partial charge in [-0.2, -0.15) is 0 Å². The molecule has 0 radical (unpaired) electrons. The molecule has 3 rings (SSSR count). The molecule has 1 fully saturated rings. The quantitative estimate of drug-likeness (QED) is 0.759. The standard InChI is InChI=1S/C19H28N6O/c1-3-16-7-8-17(20-13-16)14-23(2)19(26)18-15-25(22-21-18)12-11-24-9-5-4-6-10-24/h7-8,13,15H,3-6,9-12,14H2,1-2H3. The van der Waals surface area contributed by atoms with Crippen LogP contribution in [0.25, 0.3) is 0 Å². The summed E-state index contributed by atoms with van der Waals surface area (Å²) in [5.74, 6) is -0.129. The zero-order valence-electron chi connectivity index (χ0n) is 15.8. The van der Waals surface area contributed by atoms with Gasteiger partial charge in [-0.15, -0.1) is 5.10 Å². The summed E-state index contributed by atoms with van der Waals surface area (Å²) in [4.78, 5) is 21.1. The molecule has 2 aromatic heterocycles. The highest BCUT2D eigenvalue weighted by atomic mass is 16.2. The normalized spacial score (nSPS) is 15.2. The van der Waals surface area contributed by atoms with E-state index < -0.39 is 0 Å². The van der Waals surface area contributed by atoms with Crippen molar-refractivity contribution in [1.29, 1.82) is 0 Å². The van der Waals surface area contributed by atoms with Gasteiger partial charge in [0.15, 0.2) is 5.69 Å². The summed E-state index contributed by atoms with van der Waals surface area (Å²) in [6.45, 7) is 6.61. The van der Waals surface area contributed by atoms with Crippen LogP contribution in [0.3, 0.4) is 0 Å². The molecule has 1 aliphatic rings. The second-order valence-corrected chi connectivity index (χ2v) is 6.94. The highest BCUT2D eigenvalue weighted by Crippen LogP contribution is 2.09. The molecule has 0 aliphatic carbocycles. The second-order valence-electron chi connectivity index (χ2n) is 6.94. The zero-order valence-corrected chi connectivity index (χ0v) is 15.8. The van der Waals surface area contributed by atoms with Crippen LogP contribution in [0.2, 0.25) is 0 Å². The van der Waals surface area contributed by atoms with Gasteiger partial charge in [-0.1, -0.05) is 24.6 Å². The van der Waals surface area contributed by atoms with Gasteiger partial charge >= 0.3 is 0 Å². The minimum absolute atomic E-state index is 0.129. The third-order valence-corrected chi connectivity index (χ3v) is 4.89. The molecule has 7 nitrogen and oxygen atoms in total. The van der Waals surface area contributed by atoms with Crippen molar-refractivity contribution in [2.45, 2.75) is 45.7 Å². The lowest BCUT2D eigenvalue weighted by Gasteiger charge is -2.25. The number of hydrogen-bond acceptors (Lipinski definition) is 5. The van der Waals surface area contributed by atoms with E-state index in [0.717, 1.165) is 38.3 Å². The molecule has 140 valence electrons. The summed E-state index contributed by atoms with van der Waals surface area (Å²) < 4.78 is 1.77. The Hall–Kier alpha value is -2.28. The molecule has 1 aliphatic heterocycles. The average Bonchev–Trinajstić information content (AvgIpc) is 3.16. The van der Waals surface area contributed by atoms with Crippen molar-refractivity contribution in [3.63, 3.8) is 0 Å². The molecule has 3 heterocycles. The molecule has 26 heavy (non-hydrogen) atoms. The second kappa shape index (κ2) is 8.89. The van der Waals surface area contributed by atoms with E-state index in [9.17, 15) is 4.79 Å². The third-order valence-electron chi connectivity index (χ3n) is 4.89. The number of hydrogen-bond donors (Lipinski definition) is 0. The first kappa shape index (κ1) is 18.5. The van der Waals surface area contributed by atoms with E-state index in [-0.39, 0.29) is 5.91 Å². The maximum atomic E-state index is 12.6. The largest absolute Gasteiger partial charge is 0.334 e. The van der Waals surface area contributed by atoms with Gasteiger partial charge in [0.05, 0.1) is 25.0 Å². The van der Waals surface area contributed by atoms with Crippen molar-refractivity contribution >= 4 is 5.91 Å². The topological polar surface area (TPSA) is 67.2 Å². The summed E-state index contributed by atoms with van der Waals surface area (Å²) in [5.41, 5.74) is 2.45. The molecule has 0 bridgehead atoms. The van der Waals surface area contributed by atoms with Crippen molar-refractivity contribution in [3.05, 3.63) is 41.5 Å². The van der Waals surface area contributed by atoms with Gasteiger partial charge in [0, 0.05) is 19.8 Å². The van der Waals surface area contributed by atoms with Crippen molar-refractivity contribution < 1.29 is 4.79 Å². The van der Waals surface area contributed by atoms with Crippen LogP contribution in [0.4, 0.5) is 0 Å². The first-order valence-corrected chi connectivity index (χ1v) is 9.47. The van der Waals surface area contributed by atoms with Crippen LogP contribution in [-0.2, 0) is 19.5 Å². The van der Waals surface area contributed by atoms with Crippen LogP contribution < -0.4 is 0 Å². The molecule has 0 N–H and O–H groups in total. The molecule has 7 heteroatoms. The van der Waals surface area contributed by atoms with E-state index >= 15 is 0 Å².